The Morgan fingerprint density at radius 3 is 2.73 bits per heavy atom. The molecule has 2 aliphatic rings. The number of aromatic hydroxyl groups is 1. The minimum atomic E-state index is -3.47. The molecular weight excluding hydrogens is 466 g/mol. The summed E-state index contributed by atoms with van der Waals surface area (Å²) in [5.41, 5.74) is 3.91. The van der Waals surface area contributed by atoms with E-state index in [4.69, 9.17) is 0 Å². The van der Waals surface area contributed by atoms with Crippen LogP contribution in [0.3, 0.4) is 0 Å². The minimum absolute atomic E-state index is 0.189. The Morgan fingerprint density at radius 1 is 1.23 bits per heavy atom. The fourth-order valence-corrected chi connectivity index (χ4v) is 5.57. The Kier molecular flexibility index (Phi) is 5.99. The van der Waals surface area contributed by atoms with Crippen molar-refractivity contribution < 1.29 is 13.5 Å². The molecular formula is C22H24BrN3O3S. The largest absolute Gasteiger partial charge is 0.508 e. The van der Waals surface area contributed by atoms with Crippen molar-refractivity contribution in [3.63, 3.8) is 0 Å². The van der Waals surface area contributed by atoms with E-state index in [0.29, 0.717) is 19.5 Å². The predicted molar refractivity (Wildman–Crippen MR) is 124 cm³/mol. The molecule has 1 N–H and O–H groups in total. The van der Waals surface area contributed by atoms with Crippen LogP contribution < -0.4 is 4.90 Å². The van der Waals surface area contributed by atoms with E-state index < -0.39 is 10.0 Å². The number of fused-ring (bicyclic) bond motifs is 1. The summed E-state index contributed by atoms with van der Waals surface area (Å²) < 4.78 is 28.0. The van der Waals surface area contributed by atoms with Gasteiger partial charge in [0, 0.05) is 54.7 Å². The molecule has 2 aromatic carbocycles. The van der Waals surface area contributed by atoms with Gasteiger partial charge in [-0.2, -0.15) is 4.31 Å². The maximum absolute atomic E-state index is 12.8. The van der Waals surface area contributed by atoms with Crippen LogP contribution in [0.5, 0.6) is 5.75 Å². The molecule has 0 fully saturated rings. The van der Waals surface area contributed by atoms with E-state index in [2.05, 4.69) is 25.8 Å². The van der Waals surface area contributed by atoms with E-state index >= 15 is 0 Å². The topological polar surface area (TPSA) is 73.2 Å². The molecule has 0 bridgehead atoms. The second-order valence-electron chi connectivity index (χ2n) is 7.77. The van der Waals surface area contributed by atoms with Crippen LogP contribution in [-0.4, -0.2) is 49.4 Å². The molecule has 158 valence electrons. The van der Waals surface area contributed by atoms with Gasteiger partial charge in [-0.05, 0) is 47.4 Å². The molecule has 0 saturated heterocycles. The zero-order valence-electron chi connectivity index (χ0n) is 16.7. The van der Waals surface area contributed by atoms with Crippen LogP contribution in [0.4, 0.5) is 5.69 Å². The molecule has 2 aromatic rings. The van der Waals surface area contributed by atoms with Gasteiger partial charge < -0.3 is 10.0 Å². The Labute approximate surface area is 185 Å². The first-order valence-electron chi connectivity index (χ1n) is 9.78. The summed E-state index contributed by atoms with van der Waals surface area (Å²) in [5.74, 6) is 0.189. The Morgan fingerprint density at radius 2 is 2.03 bits per heavy atom. The zero-order valence-corrected chi connectivity index (χ0v) is 19.1. The molecule has 0 amide bonds. The molecule has 0 saturated carbocycles. The lowest BCUT2D eigenvalue weighted by Gasteiger charge is -2.31. The van der Waals surface area contributed by atoms with Gasteiger partial charge >= 0.3 is 0 Å². The lowest BCUT2D eigenvalue weighted by atomic mass is 10.0. The summed E-state index contributed by atoms with van der Waals surface area (Å²) in [6.07, 6.45) is 6.27. The number of hydrogen-bond donors (Lipinski definition) is 1. The maximum atomic E-state index is 12.8. The summed E-state index contributed by atoms with van der Waals surface area (Å²) in [7, 11) is -3.47. The van der Waals surface area contributed by atoms with Gasteiger partial charge in [0.1, 0.15) is 5.75 Å². The van der Waals surface area contributed by atoms with Crippen LogP contribution >= 0.6 is 15.9 Å². The molecule has 30 heavy (non-hydrogen) atoms. The van der Waals surface area contributed by atoms with Crippen molar-refractivity contribution in [3.05, 3.63) is 69.8 Å². The number of nitrogens with zero attached hydrogens (tertiary/aromatic N) is 3. The van der Waals surface area contributed by atoms with Gasteiger partial charge in [-0.1, -0.05) is 34.1 Å². The molecule has 1 unspecified atom stereocenters. The predicted octanol–water partition coefficient (Wildman–Crippen LogP) is 3.71. The lowest BCUT2D eigenvalue weighted by Crippen LogP contribution is -2.45. The average Bonchev–Trinajstić information content (AvgIpc) is 3.13. The highest BCUT2D eigenvalue weighted by Crippen LogP contribution is 2.33. The third-order valence-corrected chi connectivity index (χ3v) is 7.30. The van der Waals surface area contributed by atoms with E-state index in [0.717, 1.165) is 27.7 Å². The summed E-state index contributed by atoms with van der Waals surface area (Å²) in [4.78, 5) is 6.45. The van der Waals surface area contributed by atoms with E-state index in [1.807, 2.05) is 42.7 Å². The number of benzene rings is 2. The SMILES string of the molecule is CS(=O)(=O)N1Cc2cc(Br)ccc2N(CC2=CN=CC2)CC1Cc1ccccc1O. The first-order chi connectivity index (χ1) is 14.3. The fraction of sp³-hybridized carbons (Fsp3) is 0.318. The number of hydrogen-bond acceptors (Lipinski definition) is 5. The number of sulfonamides is 1. The lowest BCUT2D eigenvalue weighted by molar-refractivity contribution is 0.318. The van der Waals surface area contributed by atoms with Gasteiger partial charge in [0.25, 0.3) is 0 Å². The molecule has 0 aliphatic carbocycles. The van der Waals surface area contributed by atoms with Crippen molar-refractivity contribution in [1.82, 2.24) is 4.31 Å². The van der Waals surface area contributed by atoms with Crippen molar-refractivity contribution in [2.45, 2.75) is 25.4 Å². The highest BCUT2D eigenvalue weighted by Gasteiger charge is 2.34. The highest BCUT2D eigenvalue weighted by molar-refractivity contribution is 9.10. The van der Waals surface area contributed by atoms with Gasteiger partial charge in [0.15, 0.2) is 0 Å². The van der Waals surface area contributed by atoms with Crippen molar-refractivity contribution in [3.8, 4) is 5.75 Å². The average molecular weight is 490 g/mol. The third-order valence-electron chi connectivity index (χ3n) is 5.53. The highest BCUT2D eigenvalue weighted by atomic mass is 79.9. The normalized spacial score (nSPS) is 19.5. The van der Waals surface area contributed by atoms with Crippen LogP contribution in [0.1, 0.15) is 17.5 Å². The van der Waals surface area contributed by atoms with E-state index in [1.165, 1.54) is 11.8 Å². The first-order valence-corrected chi connectivity index (χ1v) is 12.4. The molecule has 8 heteroatoms. The van der Waals surface area contributed by atoms with Crippen molar-refractivity contribution in [2.24, 2.45) is 4.99 Å². The van der Waals surface area contributed by atoms with Crippen molar-refractivity contribution in [2.75, 3.05) is 24.2 Å². The Hall–Kier alpha value is -2.16. The zero-order chi connectivity index (χ0) is 21.3. The number of para-hydroxylation sites is 1. The second kappa shape index (κ2) is 8.53. The van der Waals surface area contributed by atoms with Crippen LogP contribution in [0.15, 0.2) is 63.7 Å². The van der Waals surface area contributed by atoms with E-state index in [9.17, 15) is 13.5 Å². The van der Waals surface area contributed by atoms with Gasteiger partial charge in [-0.15, -0.1) is 0 Å². The smallest absolute Gasteiger partial charge is 0.211 e. The summed E-state index contributed by atoms with van der Waals surface area (Å²) in [6.45, 7) is 1.49. The Balaban J connectivity index is 1.75. The van der Waals surface area contributed by atoms with Gasteiger partial charge in [-0.3, -0.25) is 4.99 Å². The van der Waals surface area contributed by atoms with Gasteiger partial charge in [0.2, 0.25) is 10.0 Å². The van der Waals surface area contributed by atoms with Crippen LogP contribution in [-0.2, 0) is 23.0 Å². The molecule has 2 aliphatic heterocycles. The third kappa shape index (κ3) is 4.61. The summed E-state index contributed by atoms with van der Waals surface area (Å²) in [6, 6.07) is 12.8. The van der Waals surface area contributed by atoms with Crippen molar-refractivity contribution in [1.29, 1.82) is 0 Å². The van der Waals surface area contributed by atoms with E-state index in [-0.39, 0.29) is 18.3 Å². The number of anilines is 1. The number of halogens is 1. The number of rotatable bonds is 5. The molecule has 0 aromatic heterocycles. The quantitative estimate of drug-likeness (QED) is 0.694. The first kappa shape index (κ1) is 21.1. The number of phenols is 1. The van der Waals surface area contributed by atoms with Crippen LogP contribution in [0.25, 0.3) is 0 Å². The summed E-state index contributed by atoms with van der Waals surface area (Å²) in [5, 5.41) is 10.3. The van der Waals surface area contributed by atoms with E-state index in [1.54, 1.807) is 16.4 Å². The second-order valence-corrected chi connectivity index (χ2v) is 10.6. The summed E-state index contributed by atoms with van der Waals surface area (Å²) >= 11 is 3.52. The molecule has 4 rings (SSSR count). The molecule has 2 heterocycles. The Bertz CT molecular complexity index is 1110. The minimum Gasteiger partial charge on any atom is -0.508 e. The number of phenolic OH excluding ortho intramolecular Hbond substituents is 1. The van der Waals surface area contributed by atoms with Gasteiger partial charge in [0.05, 0.1) is 6.26 Å². The van der Waals surface area contributed by atoms with Gasteiger partial charge in [-0.25, -0.2) is 8.42 Å². The fourth-order valence-electron chi connectivity index (χ4n) is 4.10. The molecule has 0 spiro atoms. The molecule has 0 radical (unpaired) electrons. The maximum Gasteiger partial charge on any atom is 0.211 e. The van der Waals surface area contributed by atoms with Crippen molar-refractivity contribution >= 4 is 37.9 Å². The monoisotopic (exact) mass is 489 g/mol. The molecule has 6 nitrogen and oxygen atoms in total. The van der Waals surface area contributed by atoms with Crippen LogP contribution in [0, 0.1) is 0 Å². The molecule has 1 atom stereocenters. The van der Waals surface area contributed by atoms with Crippen LogP contribution in [0.2, 0.25) is 0 Å². The number of aliphatic imine (C=N–C) groups is 1. The standard InChI is InChI=1S/C22H24BrN3O3S/c1-30(28,29)26-14-18-10-19(23)6-7-21(18)25(13-16-8-9-24-12-16)15-20(26)11-17-4-2-3-5-22(17)27/h2-7,9-10,12,20,27H,8,11,13-15H2,1H3.